The maximum Gasteiger partial charge on any atom is 0.0416 e. The molecule has 0 unspecified atom stereocenters. The Morgan fingerprint density at radius 2 is 1.69 bits per heavy atom. The van der Waals surface area contributed by atoms with Gasteiger partial charge >= 0.3 is 0 Å². The normalized spacial score (nSPS) is 18.6. The van der Waals surface area contributed by atoms with Crippen LogP contribution in [0.15, 0.2) is 4.99 Å². The van der Waals surface area contributed by atoms with Crippen LogP contribution < -0.4 is 0 Å². The zero-order valence-corrected chi connectivity index (χ0v) is 9.18. The Morgan fingerprint density at radius 3 is 2.23 bits per heavy atom. The predicted octanol–water partition coefficient (Wildman–Crippen LogP) is 3.83. The molecule has 1 fully saturated rings. The second-order valence-corrected chi connectivity index (χ2v) is 4.12. The van der Waals surface area contributed by atoms with E-state index in [2.05, 4.69) is 13.8 Å². The summed E-state index contributed by atoms with van der Waals surface area (Å²) in [6, 6.07) is 0. The van der Waals surface area contributed by atoms with Gasteiger partial charge < -0.3 is 0 Å². The van der Waals surface area contributed by atoms with Crippen LogP contribution in [0.4, 0.5) is 0 Å². The lowest BCUT2D eigenvalue weighted by molar-refractivity contribution is 0.367. The summed E-state index contributed by atoms with van der Waals surface area (Å²) in [6.07, 6.45) is 9.46. The molecule has 0 aromatic carbocycles. The number of rotatable bonds is 4. The third-order valence-corrected chi connectivity index (χ3v) is 3.11. The highest BCUT2D eigenvalue weighted by atomic mass is 14.7. The van der Waals surface area contributed by atoms with Gasteiger partial charge in [0.25, 0.3) is 0 Å². The molecular weight excluding hydrogens is 158 g/mol. The van der Waals surface area contributed by atoms with Crippen molar-refractivity contribution in [2.45, 2.75) is 58.8 Å². The standard InChI is InChI=1S/C12H23N/c1-3-12(4-2)13-10-11-8-6-5-7-9-11/h11H,3-10H2,1-2H3. The van der Waals surface area contributed by atoms with E-state index in [4.69, 9.17) is 4.99 Å². The lowest BCUT2D eigenvalue weighted by Crippen LogP contribution is -2.10. The molecule has 0 bridgehead atoms. The van der Waals surface area contributed by atoms with E-state index >= 15 is 0 Å². The minimum atomic E-state index is 0.904. The van der Waals surface area contributed by atoms with Crippen LogP contribution >= 0.6 is 0 Å². The molecule has 1 nitrogen and oxygen atoms in total. The minimum Gasteiger partial charge on any atom is -0.294 e. The topological polar surface area (TPSA) is 12.4 Å². The van der Waals surface area contributed by atoms with Gasteiger partial charge in [0, 0.05) is 12.3 Å². The molecule has 0 saturated heterocycles. The molecule has 0 heterocycles. The third-order valence-electron chi connectivity index (χ3n) is 3.11. The van der Waals surface area contributed by atoms with E-state index in [0.717, 1.165) is 25.3 Å². The first-order valence-corrected chi connectivity index (χ1v) is 5.89. The molecule has 0 N–H and O–H groups in total. The predicted molar refractivity (Wildman–Crippen MR) is 59.5 cm³/mol. The molecule has 76 valence electrons. The second kappa shape index (κ2) is 6.17. The molecule has 13 heavy (non-hydrogen) atoms. The van der Waals surface area contributed by atoms with E-state index in [-0.39, 0.29) is 0 Å². The Labute approximate surface area is 82.6 Å². The summed E-state index contributed by atoms with van der Waals surface area (Å²) in [7, 11) is 0. The van der Waals surface area contributed by atoms with Crippen LogP contribution in [-0.4, -0.2) is 12.3 Å². The van der Waals surface area contributed by atoms with Crippen molar-refractivity contribution in [3.8, 4) is 0 Å². The van der Waals surface area contributed by atoms with Crippen LogP contribution in [0, 0.1) is 5.92 Å². The molecule has 1 heteroatoms. The zero-order valence-electron chi connectivity index (χ0n) is 9.18. The molecule has 1 saturated carbocycles. The summed E-state index contributed by atoms with van der Waals surface area (Å²) in [6.45, 7) is 5.53. The van der Waals surface area contributed by atoms with Gasteiger partial charge in [-0.15, -0.1) is 0 Å². The SMILES string of the molecule is CCC(CC)=NCC1CCCCC1. The highest BCUT2D eigenvalue weighted by Crippen LogP contribution is 2.23. The third kappa shape index (κ3) is 3.93. The summed E-state index contributed by atoms with van der Waals surface area (Å²) in [5, 5.41) is 0. The molecule has 1 aliphatic rings. The molecular formula is C12H23N. The van der Waals surface area contributed by atoms with Gasteiger partial charge in [-0.25, -0.2) is 0 Å². The van der Waals surface area contributed by atoms with E-state index < -0.39 is 0 Å². The molecule has 0 radical (unpaired) electrons. The molecule has 0 aromatic rings. The van der Waals surface area contributed by atoms with E-state index in [1.807, 2.05) is 0 Å². The molecule has 1 rings (SSSR count). The van der Waals surface area contributed by atoms with Crippen molar-refractivity contribution in [2.75, 3.05) is 6.54 Å². The molecule has 0 aliphatic heterocycles. The fourth-order valence-corrected chi connectivity index (χ4v) is 2.10. The Morgan fingerprint density at radius 1 is 1.08 bits per heavy atom. The van der Waals surface area contributed by atoms with Crippen molar-refractivity contribution >= 4 is 5.71 Å². The maximum atomic E-state index is 4.70. The Bertz CT molecular complexity index is 149. The quantitative estimate of drug-likeness (QED) is 0.584. The summed E-state index contributed by atoms with van der Waals surface area (Å²) < 4.78 is 0. The van der Waals surface area contributed by atoms with Gasteiger partial charge in [-0.1, -0.05) is 33.1 Å². The highest BCUT2D eigenvalue weighted by Gasteiger charge is 2.12. The Hall–Kier alpha value is -0.330. The van der Waals surface area contributed by atoms with E-state index in [1.54, 1.807) is 0 Å². The van der Waals surface area contributed by atoms with E-state index in [9.17, 15) is 0 Å². The van der Waals surface area contributed by atoms with Crippen LogP contribution in [0.2, 0.25) is 0 Å². The molecule has 0 spiro atoms. The van der Waals surface area contributed by atoms with Crippen molar-refractivity contribution in [1.29, 1.82) is 0 Å². The number of hydrogen-bond acceptors (Lipinski definition) is 1. The van der Waals surface area contributed by atoms with Gasteiger partial charge in [0.1, 0.15) is 0 Å². The van der Waals surface area contributed by atoms with Gasteiger partial charge in [-0.3, -0.25) is 4.99 Å². The van der Waals surface area contributed by atoms with Crippen molar-refractivity contribution in [3.63, 3.8) is 0 Å². The average molecular weight is 181 g/mol. The van der Waals surface area contributed by atoms with Gasteiger partial charge in [-0.05, 0) is 31.6 Å². The molecule has 0 aromatic heterocycles. The highest BCUT2D eigenvalue weighted by molar-refractivity contribution is 5.83. The zero-order chi connectivity index (χ0) is 9.52. The van der Waals surface area contributed by atoms with Gasteiger partial charge in [0.15, 0.2) is 0 Å². The first-order chi connectivity index (χ1) is 6.36. The monoisotopic (exact) mass is 181 g/mol. The van der Waals surface area contributed by atoms with Crippen LogP contribution in [-0.2, 0) is 0 Å². The summed E-state index contributed by atoms with van der Waals surface area (Å²) >= 11 is 0. The molecule has 1 aliphatic carbocycles. The van der Waals surface area contributed by atoms with Crippen molar-refractivity contribution in [1.82, 2.24) is 0 Å². The fourth-order valence-electron chi connectivity index (χ4n) is 2.10. The number of nitrogens with zero attached hydrogens (tertiary/aromatic N) is 1. The Kier molecular flexibility index (Phi) is 5.10. The first-order valence-electron chi connectivity index (χ1n) is 5.89. The van der Waals surface area contributed by atoms with Gasteiger partial charge in [0.2, 0.25) is 0 Å². The van der Waals surface area contributed by atoms with E-state index in [1.165, 1.54) is 37.8 Å². The van der Waals surface area contributed by atoms with Crippen molar-refractivity contribution < 1.29 is 0 Å². The minimum absolute atomic E-state index is 0.904. The summed E-state index contributed by atoms with van der Waals surface area (Å²) in [5.41, 5.74) is 1.41. The Balaban J connectivity index is 2.26. The molecule has 0 atom stereocenters. The second-order valence-electron chi connectivity index (χ2n) is 4.12. The van der Waals surface area contributed by atoms with Crippen molar-refractivity contribution in [3.05, 3.63) is 0 Å². The van der Waals surface area contributed by atoms with Crippen LogP contribution in [0.3, 0.4) is 0 Å². The first kappa shape index (κ1) is 10.7. The van der Waals surface area contributed by atoms with Crippen molar-refractivity contribution in [2.24, 2.45) is 10.9 Å². The lowest BCUT2D eigenvalue weighted by Gasteiger charge is -2.19. The van der Waals surface area contributed by atoms with E-state index in [0.29, 0.717) is 0 Å². The van der Waals surface area contributed by atoms with Crippen LogP contribution in [0.1, 0.15) is 58.8 Å². The summed E-state index contributed by atoms with van der Waals surface area (Å²) in [5.74, 6) is 0.904. The largest absolute Gasteiger partial charge is 0.294 e. The molecule has 0 amide bonds. The average Bonchev–Trinajstić information content (AvgIpc) is 2.21. The van der Waals surface area contributed by atoms with Crippen LogP contribution in [0.25, 0.3) is 0 Å². The van der Waals surface area contributed by atoms with Crippen LogP contribution in [0.5, 0.6) is 0 Å². The fraction of sp³-hybridized carbons (Fsp3) is 0.917. The maximum absolute atomic E-state index is 4.70. The number of aliphatic imine (C=N–C) groups is 1. The smallest absolute Gasteiger partial charge is 0.0416 e. The summed E-state index contributed by atoms with van der Waals surface area (Å²) in [4.78, 5) is 4.70. The van der Waals surface area contributed by atoms with Gasteiger partial charge in [-0.2, -0.15) is 0 Å². The lowest BCUT2D eigenvalue weighted by atomic mass is 9.89. The number of hydrogen-bond donors (Lipinski definition) is 0. The van der Waals surface area contributed by atoms with Gasteiger partial charge in [0.05, 0.1) is 0 Å².